The number of aromatic nitrogens is 4. The van der Waals surface area contributed by atoms with E-state index in [1.807, 2.05) is 40.8 Å². The number of anilines is 1. The molecule has 6 rings (SSSR count). The second-order valence-corrected chi connectivity index (χ2v) is 12.3. The molecule has 0 aliphatic heterocycles. The Hall–Kier alpha value is -3.67. The summed E-state index contributed by atoms with van der Waals surface area (Å²) in [4.78, 5) is 12.9. The van der Waals surface area contributed by atoms with Crippen LogP contribution in [0.15, 0.2) is 88.9 Å². The highest BCUT2D eigenvalue weighted by molar-refractivity contribution is 7.99. The summed E-state index contributed by atoms with van der Waals surface area (Å²) in [5, 5.41) is 12.3. The van der Waals surface area contributed by atoms with Gasteiger partial charge >= 0.3 is 0 Å². The number of fused-ring (bicyclic) bond motifs is 3. The standard InChI is InChI=1S/C28H28N6O3S2/c35-26(29-21-14-16-23(17-15-21)39(36,37)32-22-10-4-5-11-22)19-38-28-31-30-27-33(18-20-8-2-1-3-9-20)24-12-6-7-13-25(24)34(27)28/h1-3,6-9,12-17,22,32H,4-5,10-11,18-19H2,(H,29,35). The van der Waals surface area contributed by atoms with E-state index in [1.165, 1.54) is 23.9 Å². The molecule has 9 nitrogen and oxygen atoms in total. The fourth-order valence-electron chi connectivity index (χ4n) is 5.03. The van der Waals surface area contributed by atoms with Crippen molar-refractivity contribution in [1.82, 2.24) is 23.9 Å². The van der Waals surface area contributed by atoms with E-state index in [-0.39, 0.29) is 22.6 Å². The van der Waals surface area contributed by atoms with Gasteiger partial charge in [0.1, 0.15) is 0 Å². The molecule has 3 aromatic carbocycles. The van der Waals surface area contributed by atoms with Crippen LogP contribution in [0.25, 0.3) is 16.8 Å². The molecule has 2 aromatic heterocycles. The zero-order valence-electron chi connectivity index (χ0n) is 21.2. The van der Waals surface area contributed by atoms with Crippen LogP contribution in [-0.4, -0.2) is 45.3 Å². The maximum absolute atomic E-state index is 12.7. The van der Waals surface area contributed by atoms with E-state index >= 15 is 0 Å². The zero-order chi connectivity index (χ0) is 26.8. The maximum atomic E-state index is 12.7. The third-order valence-corrected chi connectivity index (χ3v) is 9.38. The Morgan fingerprint density at radius 2 is 1.59 bits per heavy atom. The quantitative estimate of drug-likeness (QED) is 0.253. The minimum absolute atomic E-state index is 0.00221. The van der Waals surface area contributed by atoms with E-state index in [0.29, 0.717) is 23.2 Å². The number of hydrogen-bond donors (Lipinski definition) is 2. The van der Waals surface area contributed by atoms with Crippen LogP contribution in [0.5, 0.6) is 0 Å². The molecule has 0 spiro atoms. The number of carbonyl (C=O) groups is 1. The molecule has 2 heterocycles. The van der Waals surface area contributed by atoms with E-state index < -0.39 is 10.0 Å². The minimum atomic E-state index is -3.57. The molecule has 0 bridgehead atoms. The van der Waals surface area contributed by atoms with E-state index in [4.69, 9.17) is 0 Å². The van der Waals surface area contributed by atoms with Crippen LogP contribution in [0, 0.1) is 0 Å². The van der Waals surface area contributed by atoms with Gasteiger partial charge in [0.05, 0.1) is 28.2 Å². The van der Waals surface area contributed by atoms with Crippen LogP contribution in [0.1, 0.15) is 31.2 Å². The molecule has 0 radical (unpaired) electrons. The highest BCUT2D eigenvalue weighted by atomic mass is 32.2. The molecule has 1 saturated carbocycles. The highest BCUT2D eigenvalue weighted by Gasteiger charge is 2.23. The highest BCUT2D eigenvalue weighted by Crippen LogP contribution is 2.27. The van der Waals surface area contributed by atoms with Gasteiger partial charge in [-0.15, -0.1) is 10.2 Å². The van der Waals surface area contributed by atoms with Crippen molar-refractivity contribution in [1.29, 1.82) is 0 Å². The normalized spacial score (nSPS) is 14.4. The number of benzene rings is 3. The minimum Gasteiger partial charge on any atom is -0.325 e. The monoisotopic (exact) mass is 560 g/mol. The third kappa shape index (κ3) is 5.42. The van der Waals surface area contributed by atoms with Crippen molar-refractivity contribution >= 4 is 50.2 Å². The first-order valence-corrected chi connectivity index (χ1v) is 15.4. The lowest BCUT2D eigenvalue weighted by Gasteiger charge is -2.13. The second kappa shape index (κ2) is 10.8. The van der Waals surface area contributed by atoms with Crippen molar-refractivity contribution in [3.05, 3.63) is 84.4 Å². The van der Waals surface area contributed by atoms with Crippen LogP contribution in [0.2, 0.25) is 0 Å². The zero-order valence-corrected chi connectivity index (χ0v) is 22.8. The lowest BCUT2D eigenvalue weighted by Crippen LogP contribution is -2.32. The summed E-state index contributed by atoms with van der Waals surface area (Å²) in [5.74, 6) is 0.623. The number of para-hydroxylation sites is 2. The Morgan fingerprint density at radius 3 is 2.33 bits per heavy atom. The molecule has 0 unspecified atom stereocenters. The van der Waals surface area contributed by atoms with Gasteiger partial charge in [-0.25, -0.2) is 13.1 Å². The maximum Gasteiger partial charge on any atom is 0.240 e. The third-order valence-electron chi connectivity index (χ3n) is 6.91. The molecule has 2 N–H and O–H groups in total. The average Bonchev–Trinajstić information content (AvgIpc) is 3.67. The van der Waals surface area contributed by atoms with Gasteiger partial charge in [0.25, 0.3) is 0 Å². The molecule has 39 heavy (non-hydrogen) atoms. The van der Waals surface area contributed by atoms with Crippen LogP contribution in [0.3, 0.4) is 0 Å². The molecular formula is C28H28N6O3S2. The van der Waals surface area contributed by atoms with Gasteiger partial charge in [-0.3, -0.25) is 9.20 Å². The molecule has 1 fully saturated rings. The smallest absolute Gasteiger partial charge is 0.240 e. The molecule has 5 aromatic rings. The summed E-state index contributed by atoms with van der Waals surface area (Å²) in [5.41, 5.74) is 3.70. The summed E-state index contributed by atoms with van der Waals surface area (Å²) < 4.78 is 32.2. The number of hydrogen-bond acceptors (Lipinski definition) is 6. The summed E-state index contributed by atoms with van der Waals surface area (Å²) in [6.45, 7) is 0.656. The van der Waals surface area contributed by atoms with Gasteiger partial charge in [0.15, 0.2) is 5.16 Å². The number of nitrogens with zero attached hydrogens (tertiary/aromatic N) is 4. The van der Waals surface area contributed by atoms with Crippen LogP contribution in [0.4, 0.5) is 5.69 Å². The van der Waals surface area contributed by atoms with Crippen LogP contribution >= 0.6 is 11.8 Å². The van der Waals surface area contributed by atoms with E-state index in [9.17, 15) is 13.2 Å². The Morgan fingerprint density at radius 1 is 0.897 bits per heavy atom. The van der Waals surface area contributed by atoms with Crippen molar-refractivity contribution in [2.45, 2.75) is 48.3 Å². The Labute approximate surface area is 230 Å². The van der Waals surface area contributed by atoms with Gasteiger partial charge < -0.3 is 9.88 Å². The van der Waals surface area contributed by atoms with E-state index in [1.54, 1.807) is 12.1 Å². The number of rotatable bonds is 9. The molecule has 200 valence electrons. The van der Waals surface area contributed by atoms with Gasteiger partial charge in [0.2, 0.25) is 21.7 Å². The molecule has 1 amide bonds. The Kier molecular flexibility index (Phi) is 7.11. The van der Waals surface area contributed by atoms with Crippen LogP contribution in [-0.2, 0) is 21.4 Å². The van der Waals surface area contributed by atoms with Crippen LogP contribution < -0.4 is 10.0 Å². The van der Waals surface area contributed by atoms with Gasteiger partial charge in [-0.2, -0.15) is 0 Å². The predicted octanol–water partition coefficient (Wildman–Crippen LogP) is 4.68. The molecule has 1 aliphatic carbocycles. The number of amides is 1. The van der Waals surface area contributed by atoms with Crippen molar-refractivity contribution in [3.63, 3.8) is 0 Å². The number of imidazole rings is 1. The van der Waals surface area contributed by atoms with E-state index in [2.05, 4.69) is 43.0 Å². The average molecular weight is 561 g/mol. The van der Waals surface area contributed by atoms with Crippen molar-refractivity contribution in [2.24, 2.45) is 0 Å². The fraction of sp³-hybridized carbons (Fsp3) is 0.250. The molecule has 0 saturated heterocycles. The SMILES string of the molecule is O=C(CSc1nnc2n(Cc3ccccc3)c3ccccc3n12)Nc1ccc(S(=O)(=O)NC2CCCC2)cc1. The van der Waals surface area contributed by atoms with Gasteiger partial charge in [-0.1, -0.05) is 67.1 Å². The molecule has 11 heteroatoms. The summed E-state index contributed by atoms with van der Waals surface area (Å²) in [6.07, 6.45) is 3.84. The van der Waals surface area contributed by atoms with Crippen molar-refractivity contribution < 1.29 is 13.2 Å². The summed E-state index contributed by atoms with van der Waals surface area (Å²) in [7, 11) is -3.57. The summed E-state index contributed by atoms with van der Waals surface area (Å²) in [6, 6.07) is 24.5. The summed E-state index contributed by atoms with van der Waals surface area (Å²) >= 11 is 1.30. The Balaban J connectivity index is 1.14. The second-order valence-electron chi connectivity index (χ2n) is 9.64. The lowest BCUT2D eigenvalue weighted by atomic mass is 10.2. The number of thioether (sulfide) groups is 1. The largest absolute Gasteiger partial charge is 0.325 e. The first-order valence-electron chi connectivity index (χ1n) is 12.9. The number of nitrogens with one attached hydrogen (secondary N) is 2. The first-order chi connectivity index (χ1) is 19.0. The van der Waals surface area contributed by atoms with E-state index in [0.717, 1.165) is 42.3 Å². The van der Waals surface area contributed by atoms with Gasteiger partial charge in [-0.05, 0) is 54.8 Å². The van der Waals surface area contributed by atoms with Gasteiger partial charge in [0, 0.05) is 11.7 Å². The number of carbonyl (C=O) groups excluding carboxylic acids is 1. The molecular weight excluding hydrogens is 532 g/mol. The first kappa shape index (κ1) is 25.6. The topological polar surface area (TPSA) is 110 Å². The molecule has 1 aliphatic rings. The lowest BCUT2D eigenvalue weighted by molar-refractivity contribution is -0.113. The predicted molar refractivity (Wildman–Crippen MR) is 152 cm³/mol. The Bertz CT molecular complexity index is 1720. The van der Waals surface area contributed by atoms with Crippen molar-refractivity contribution in [3.8, 4) is 0 Å². The van der Waals surface area contributed by atoms with Crippen molar-refractivity contribution in [2.75, 3.05) is 11.1 Å². The molecule has 0 atom stereocenters. The number of sulfonamides is 1. The fourth-order valence-corrected chi connectivity index (χ4v) is 7.07.